The van der Waals surface area contributed by atoms with E-state index in [0.717, 1.165) is 0 Å². The molecular weight excluding hydrogens is 400 g/mol. The number of nitrogens with one attached hydrogen (secondary N) is 2. The summed E-state index contributed by atoms with van der Waals surface area (Å²) < 4.78 is 10.2. The van der Waals surface area contributed by atoms with Gasteiger partial charge in [-0.2, -0.15) is 4.98 Å². The molecule has 0 saturated heterocycles. The fourth-order valence-corrected chi connectivity index (χ4v) is 2.76. The van der Waals surface area contributed by atoms with E-state index in [0.29, 0.717) is 45.3 Å². The van der Waals surface area contributed by atoms with Gasteiger partial charge in [0, 0.05) is 11.3 Å². The monoisotopic (exact) mass is 416 g/mol. The largest absolute Gasteiger partial charge is 0.462 e. The Labute approximate surface area is 172 Å². The second-order valence-electron chi connectivity index (χ2n) is 5.60. The number of esters is 1. The lowest BCUT2D eigenvalue weighted by molar-refractivity contribution is 0.0526. The molecule has 0 unspecified atom stereocenters. The van der Waals surface area contributed by atoms with Gasteiger partial charge in [-0.25, -0.2) is 4.79 Å². The Morgan fingerprint density at radius 3 is 2.86 bits per heavy atom. The highest BCUT2D eigenvalue weighted by Gasteiger charge is 2.12. The molecule has 144 valence electrons. The zero-order chi connectivity index (χ0) is 19.9. The second kappa shape index (κ2) is 9.29. The molecule has 9 heteroatoms. The normalized spacial score (nSPS) is 10.4. The van der Waals surface area contributed by atoms with Crippen LogP contribution in [0.15, 0.2) is 53.1 Å². The maximum atomic E-state index is 11.8. The highest BCUT2D eigenvalue weighted by Crippen LogP contribution is 2.24. The Bertz CT molecular complexity index is 993. The van der Waals surface area contributed by atoms with Crippen LogP contribution in [0.25, 0.3) is 11.4 Å². The Balaban J connectivity index is 1.57. The van der Waals surface area contributed by atoms with Crippen molar-refractivity contribution in [2.45, 2.75) is 13.5 Å². The average Bonchev–Trinajstić information content (AvgIpc) is 3.16. The predicted molar refractivity (Wildman–Crippen MR) is 110 cm³/mol. The zero-order valence-electron chi connectivity index (χ0n) is 14.9. The Morgan fingerprint density at radius 2 is 2.07 bits per heavy atom. The number of nitrogens with zero attached hydrogens (tertiary/aromatic N) is 2. The van der Waals surface area contributed by atoms with Crippen molar-refractivity contribution in [2.24, 2.45) is 0 Å². The Morgan fingerprint density at radius 1 is 1.25 bits per heavy atom. The van der Waals surface area contributed by atoms with Gasteiger partial charge in [-0.05, 0) is 49.5 Å². The molecule has 2 N–H and O–H groups in total. The maximum Gasteiger partial charge on any atom is 0.338 e. The third-order valence-electron chi connectivity index (χ3n) is 3.61. The minimum absolute atomic E-state index is 0.237. The van der Waals surface area contributed by atoms with Gasteiger partial charge in [-0.3, -0.25) is 0 Å². The first-order chi connectivity index (χ1) is 13.6. The number of thiocarbonyl (C=S) groups is 1. The Hall–Kier alpha value is -2.97. The SMILES string of the molecule is CCOC(=O)c1cccc(NC(=S)NCc2nc(-c3ccccc3Cl)no2)c1. The third-order valence-corrected chi connectivity index (χ3v) is 4.19. The van der Waals surface area contributed by atoms with E-state index in [4.69, 9.17) is 33.1 Å². The van der Waals surface area contributed by atoms with E-state index < -0.39 is 0 Å². The first-order valence-electron chi connectivity index (χ1n) is 8.46. The molecule has 28 heavy (non-hydrogen) atoms. The molecule has 0 fully saturated rings. The van der Waals surface area contributed by atoms with Gasteiger partial charge < -0.3 is 19.9 Å². The van der Waals surface area contributed by atoms with Crippen molar-refractivity contribution in [3.8, 4) is 11.4 Å². The summed E-state index contributed by atoms with van der Waals surface area (Å²) in [7, 11) is 0. The molecule has 0 spiro atoms. The molecule has 0 bridgehead atoms. The number of halogens is 1. The highest BCUT2D eigenvalue weighted by molar-refractivity contribution is 7.80. The molecule has 7 nitrogen and oxygen atoms in total. The Kier molecular flexibility index (Phi) is 6.57. The van der Waals surface area contributed by atoms with E-state index in [1.807, 2.05) is 18.2 Å². The van der Waals surface area contributed by atoms with Gasteiger partial charge in [0.25, 0.3) is 0 Å². The number of ether oxygens (including phenoxy) is 1. The minimum atomic E-state index is -0.386. The van der Waals surface area contributed by atoms with Crippen LogP contribution in [0.1, 0.15) is 23.2 Å². The van der Waals surface area contributed by atoms with Crippen molar-refractivity contribution in [3.05, 3.63) is 65.0 Å². The number of carbonyl (C=O) groups is 1. The summed E-state index contributed by atoms with van der Waals surface area (Å²) in [5, 5.41) is 10.8. The summed E-state index contributed by atoms with van der Waals surface area (Å²) in [5.41, 5.74) is 1.79. The standard InChI is InChI=1S/C19H17ClN4O3S/c1-2-26-18(25)12-6-5-7-13(10-12)22-19(28)21-11-16-23-17(24-27-16)14-8-3-4-9-15(14)20/h3-10H,2,11H2,1H3,(H2,21,22,28). The number of hydrogen-bond donors (Lipinski definition) is 2. The van der Waals surface area contributed by atoms with Gasteiger partial charge in [0.2, 0.25) is 11.7 Å². The molecule has 0 amide bonds. The van der Waals surface area contributed by atoms with Crippen LogP contribution in [0.3, 0.4) is 0 Å². The van der Waals surface area contributed by atoms with Crippen molar-refractivity contribution in [1.29, 1.82) is 0 Å². The quantitative estimate of drug-likeness (QED) is 0.459. The van der Waals surface area contributed by atoms with Gasteiger partial charge in [0.05, 0.1) is 23.7 Å². The lowest BCUT2D eigenvalue weighted by atomic mass is 10.2. The molecule has 3 rings (SSSR count). The average molecular weight is 417 g/mol. The molecule has 0 aliphatic rings. The summed E-state index contributed by atoms with van der Waals surface area (Å²) in [6, 6.07) is 14.1. The second-order valence-corrected chi connectivity index (χ2v) is 6.42. The minimum Gasteiger partial charge on any atom is -0.462 e. The highest BCUT2D eigenvalue weighted by atomic mass is 35.5. The fourth-order valence-electron chi connectivity index (χ4n) is 2.35. The van der Waals surface area contributed by atoms with Crippen LogP contribution in [0.2, 0.25) is 5.02 Å². The molecular formula is C19H17ClN4O3S. The molecule has 0 radical (unpaired) electrons. The van der Waals surface area contributed by atoms with Gasteiger partial charge in [-0.15, -0.1) is 0 Å². The van der Waals surface area contributed by atoms with Crippen molar-refractivity contribution in [1.82, 2.24) is 15.5 Å². The van der Waals surface area contributed by atoms with Crippen LogP contribution in [-0.2, 0) is 11.3 Å². The van der Waals surface area contributed by atoms with Gasteiger partial charge >= 0.3 is 5.97 Å². The molecule has 0 aliphatic heterocycles. The van der Waals surface area contributed by atoms with Crippen molar-refractivity contribution >= 4 is 40.6 Å². The molecule has 3 aromatic rings. The molecule has 0 aliphatic carbocycles. The number of anilines is 1. The summed E-state index contributed by atoms with van der Waals surface area (Å²) in [6.45, 7) is 2.31. The van der Waals surface area contributed by atoms with E-state index in [1.54, 1.807) is 37.3 Å². The summed E-state index contributed by atoms with van der Waals surface area (Å²) in [6.07, 6.45) is 0. The molecule has 0 atom stereocenters. The number of aromatic nitrogens is 2. The van der Waals surface area contributed by atoms with Crippen LogP contribution in [0, 0.1) is 0 Å². The summed E-state index contributed by atoms with van der Waals surface area (Å²) in [5.74, 6) is 0.380. The predicted octanol–water partition coefficient (Wildman–Crippen LogP) is 4.05. The number of benzene rings is 2. The van der Waals surface area contributed by atoms with Crippen LogP contribution >= 0.6 is 23.8 Å². The topological polar surface area (TPSA) is 89.3 Å². The van der Waals surface area contributed by atoms with Gasteiger partial charge in [0.1, 0.15) is 0 Å². The van der Waals surface area contributed by atoms with Crippen LogP contribution in [-0.4, -0.2) is 27.8 Å². The first kappa shape index (κ1) is 19.8. The van der Waals surface area contributed by atoms with Crippen molar-refractivity contribution in [2.75, 3.05) is 11.9 Å². The molecule has 1 heterocycles. The number of hydrogen-bond acceptors (Lipinski definition) is 6. The number of rotatable bonds is 6. The van der Waals surface area contributed by atoms with Gasteiger partial charge in [0.15, 0.2) is 5.11 Å². The lowest BCUT2D eigenvalue weighted by Crippen LogP contribution is -2.28. The van der Waals surface area contributed by atoms with E-state index >= 15 is 0 Å². The zero-order valence-corrected chi connectivity index (χ0v) is 16.5. The fraction of sp³-hybridized carbons (Fsp3) is 0.158. The van der Waals surface area contributed by atoms with Crippen molar-refractivity contribution < 1.29 is 14.1 Å². The maximum absolute atomic E-state index is 11.8. The molecule has 2 aromatic carbocycles. The van der Waals surface area contributed by atoms with Crippen LogP contribution < -0.4 is 10.6 Å². The summed E-state index contributed by atoms with van der Waals surface area (Å²) in [4.78, 5) is 16.1. The number of carbonyl (C=O) groups excluding carboxylic acids is 1. The summed E-state index contributed by atoms with van der Waals surface area (Å²) >= 11 is 11.4. The van der Waals surface area contributed by atoms with Gasteiger partial charge in [-0.1, -0.05) is 35.0 Å². The van der Waals surface area contributed by atoms with Crippen molar-refractivity contribution in [3.63, 3.8) is 0 Å². The van der Waals surface area contributed by atoms with Crippen LogP contribution in [0.4, 0.5) is 5.69 Å². The van der Waals surface area contributed by atoms with E-state index in [-0.39, 0.29) is 12.5 Å². The molecule has 0 saturated carbocycles. The van der Waals surface area contributed by atoms with Crippen LogP contribution in [0.5, 0.6) is 0 Å². The third kappa shape index (κ3) is 5.05. The van der Waals surface area contributed by atoms with E-state index in [2.05, 4.69) is 20.8 Å². The van der Waals surface area contributed by atoms with E-state index in [9.17, 15) is 4.79 Å². The lowest BCUT2D eigenvalue weighted by Gasteiger charge is -2.10. The molecule has 1 aromatic heterocycles. The smallest absolute Gasteiger partial charge is 0.338 e. The first-order valence-corrected chi connectivity index (χ1v) is 9.25. The van der Waals surface area contributed by atoms with E-state index in [1.165, 1.54) is 0 Å².